The van der Waals surface area contributed by atoms with E-state index in [1.165, 1.54) is 4.88 Å². The molecule has 0 bridgehead atoms. The summed E-state index contributed by atoms with van der Waals surface area (Å²) >= 11 is 1.66. The predicted molar refractivity (Wildman–Crippen MR) is 56.1 cm³/mol. The van der Waals surface area contributed by atoms with Crippen LogP contribution in [0, 0.1) is 0 Å². The monoisotopic (exact) mass is 214 g/mol. The third-order valence-corrected chi connectivity index (χ3v) is 2.72. The summed E-state index contributed by atoms with van der Waals surface area (Å²) in [4.78, 5) is 12.3. The number of thiophene rings is 1. The summed E-state index contributed by atoms with van der Waals surface area (Å²) in [5, 5.41) is 13.3. The van der Waals surface area contributed by atoms with Gasteiger partial charge in [-0.05, 0) is 17.9 Å². The highest BCUT2D eigenvalue weighted by Crippen LogP contribution is 2.07. The number of nitrogens with two attached hydrogens (primary N) is 1. The van der Waals surface area contributed by atoms with E-state index < -0.39 is 6.04 Å². The van der Waals surface area contributed by atoms with Crippen LogP contribution in [0.15, 0.2) is 17.5 Å². The number of hydrogen-bond donors (Lipinski definition) is 3. The largest absolute Gasteiger partial charge is 0.394 e. The Labute approximate surface area is 86.7 Å². The summed E-state index contributed by atoms with van der Waals surface area (Å²) in [5.41, 5.74) is 5.32. The molecular formula is C9H14N2O2S. The van der Waals surface area contributed by atoms with Gasteiger partial charge in [0.2, 0.25) is 5.91 Å². The van der Waals surface area contributed by atoms with Crippen molar-refractivity contribution in [2.75, 3.05) is 13.2 Å². The average Bonchev–Trinajstić information content (AvgIpc) is 2.69. The molecule has 14 heavy (non-hydrogen) atoms. The SMILES string of the molecule is NC(CO)C(=O)NCCc1cccs1. The number of amides is 1. The van der Waals surface area contributed by atoms with Crippen LogP contribution >= 0.6 is 11.3 Å². The minimum absolute atomic E-state index is 0.302. The summed E-state index contributed by atoms with van der Waals surface area (Å²) in [6.45, 7) is 0.248. The second-order valence-corrected chi connectivity index (χ2v) is 3.94. The Hall–Kier alpha value is -0.910. The van der Waals surface area contributed by atoms with Crippen LogP contribution in [0.1, 0.15) is 4.88 Å². The van der Waals surface area contributed by atoms with Gasteiger partial charge in [0.1, 0.15) is 6.04 Å². The van der Waals surface area contributed by atoms with Crippen LogP contribution in [0.25, 0.3) is 0 Å². The first-order valence-corrected chi connectivity index (χ1v) is 5.28. The fraction of sp³-hybridized carbons (Fsp3) is 0.444. The molecular weight excluding hydrogens is 200 g/mol. The third-order valence-electron chi connectivity index (χ3n) is 1.78. The van der Waals surface area contributed by atoms with Gasteiger partial charge in [-0.3, -0.25) is 4.79 Å². The second-order valence-electron chi connectivity index (χ2n) is 2.91. The van der Waals surface area contributed by atoms with Gasteiger partial charge in [-0.15, -0.1) is 11.3 Å². The first-order valence-electron chi connectivity index (χ1n) is 4.40. The molecule has 78 valence electrons. The van der Waals surface area contributed by atoms with Crippen molar-refractivity contribution in [1.82, 2.24) is 5.32 Å². The molecule has 1 aromatic rings. The Balaban J connectivity index is 2.18. The van der Waals surface area contributed by atoms with Crippen LogP contribution in [-0.4, -0.2) is 30.2 Å². The quantitative estimate of drug-likeness (QED) is 0.631. The number of hydrogen-bond acceptors (Lipinski definition) is 4. The Kier molecular flexibility index (Phi) is 4.58. The molecule has 5 heteroatoms. The van der Waals surface area contributed by atoms with E-state index in [1.807, 2.05) is 17.5 Å². The molecule has 4 nitrogen and oxygen atoms in total. The Bertz CT molecular complexity index is 274. The summed E-state index contributed by atoms with van der Waals surface area (Å²) in [6, 6.07) is 3.18. The lowest BCUT2D eigenvalue weighted by atomic mass is 10.3. The van der Waals surface area contributed by atoms with Crippen molar-refractivity contribution in [3.8, 4) is 0 Å². The molecule has 1 aromatic heterocycles. The van der Waals surface area contributed by atoms with Gasteiger partial charge in [0.05, 0.1) is 6.61 Å². The fourth-order valence-electron chi connectivity index (χ4n) is 0.978. The van der Waals surface area contributed by atoms with E-state index in [4.69, 9.17) is 10.8 Å². The van der Waals surface area contributed by atoms with Crippen molar-refractivity contribution in [1.29, 1.82) is 0 Å². The summed E-state index contributed by atoms with van der Waals surface area (Å²) in [5.74, 6) is -0.302. The van der Waals surface area contributed by atoms with E-state index in [-0.39, 0.29) is 12.5 Å². The normalized spacial score (nSPS) is 12.4. The van der Waals surface area contributed by atoms with Gasteiger partial charge in [0.15, 0.2) is 0 Å². The van der Waals surface area contributed by atoms with E-state index in [9.17, 15) is 4.79 Å². The molecule has 1 unspecified atom stereocenters. The van der Waals surface area contributed by atoms with Gasteiger partial charge in [-0.2, -0.15) is 0 Å². The number of aliphatic hydroxyl groups is 1. The first-order chi connectivity index (χ1) is 6.74. The van der Waals surface area contributed by atoms with Gasteiger partial charge in [-0.1, -0.05) is 6.07 Å². The highest BCUT2D eigenvalue weighted by atomic mass is 32.1. The van der Waals surface area contributed by atoms with Crippen LogP contribution in [-0.2, 0) is 11.2 Å². The number of carbonyl (C=O) groups excluding carboxylic acids is 1. The van der Waals surface area contributed by atoms with Crippen LogP contribution < -0.4 is 11.1 Å². The van der Waals surface area contributed by atoms with E-state index >= 15 is 0 Å². The zero-order chi connectivity index (χ0) is 10.4. The lowest BCUT2D eigenvalue weighted by molar-refractivity contribution is -0.123. The first kappa shape index (κ1) is 11.2. The Morgan fingerprint density at radius 1 is 1.71 bits per heavy atom. The molecule has 0 aliphatic heterocycles. The molecule has 0 spiro atoms. The smallest absolute Gasteiger partial charge is 0.239 e. The van der Waals surface area contributed by atoms with Crippen LogP contribution in [0.2, 0.25) is 0 Å². The van der Waals surface area contributed by atoms with Gasteiger partial charge >= 0.3 is 0 Å². The number of rotatable bonds is 5. The lowest BCUT2D eigenvalue weighted by Gasteiger charge is -2.08. The van der Waals surface area contributed by atoms with Crippen molar-refractivity contribution in [2.45, 2.75) is 12.5 Å². The van der Waals surface area contributed by atoms with Crippen molar-refractivity contribution < 1.29 is 9.90 Å². The average molecular weight is 214 g/mol. The second kappa shape index (κ2) is 5.74. The van der Waals surface area contributed by atoms with Crippen LogP contribution in [0.3, 0.4) is 0 Å². The van der Waals surface area contributed by atoms with E-state index in [2.05, 4.69) is 5.32 Å². The molecule has 0 saturated carbocycles. The third kappa shape index (κ3) is 3.45. The molecule has 0 fully saturated rings. The Morgan fingerprint density at radius 3 is 3.07 bits per heavy atom. The number of carbonyl (C=O) groups is 1. The molecule has 0 aromatic carbocycles. The molecule has 4 N–H and O–H groups in total. The standard InChI is InChI=1S/C9H14N2O2S/c10-8(6-12)9(13)11-4-3-7-2-1-5-14-7/h1-2,5,8,12H,3-4,6,10H2,(H,11,13). The molecule has 0 aliphatic carbocycles. The molecule has 0 aliphatic rings. The molecule has 1 rings (SSSR count). The Morgan fingerprint density at radius 2 is 2.50 bits per heavy atom. The number of aliphatic hydroxyl groups excluding tert-OH is 1. The number of nitrogens with one attached hydrogen (secondary N) is 1. The minimum atomic E-state index is -0.807. The summed E-state index contributed by atoms with van der Waals surface area (Å²) in [6.07, 6.45) is 0.807. The van der Waals surface area contributed by atoms with E-state index in [0.29, 0.717) is 6.54 Å². The van der Waals surface area contributed by atoms with Gasteiger partial charge in [0.25, 0.3) is 0 Å². The zero-order valence-corrected chi connectivity index (χ0v) is 8.59. The predicted octanol–water partition coefficient (Wildman–Crippen LogP) is -0.274. The highest BCUT2D eigenvalue weighted by Gasteiger charge is 2.10. The minimum Gasteiger partial charge on any atom is -0.394 e. The highest BCUT2D eigenvalue weighted by molar-refractivity contribution is 7.09. The van der Waals surface area contributed by atoms with Gasteiger partial charge < -0.3 is 16.2 Å². The maximum absolute atomic E-state index is 11.1. The molecule has 1 heterocycles. The van der Waals surface area contributed by atoms with E-state index in [1.54, 1.807) is 11.3 Å². The summed E-state index contributed by atoms with van der Waals surface area (Å²) < 4.78 is 0. The fourth-order valence-corrected chi connectivity index (χ4v) is 1.69. The van der Waals surface area contributed by atoms with Crippen molar-refractivity contribution in [2.24, 2.45) is 5.73 Å². The van der Waals surface area contributed by atoms with Gasteiger partial charge in [0, 0.05) is 11.4 Å². The molecule has 1 atom stereocenters. The van der Waals surface area contributed by atoms with Crippen LogP contribution in [0.4, 0.5) is 0 Å². The van der Waals surface area contributed by atoms with Crippen molar-refractivity contribution in [3.05, 3.63) is 22.4 Å². The maximum Gasteiger partial charge on any atom is 0.239 e. The van der Waals surface area contributed by atoms with E-state index in [0.717, 1.165) is 6.42 Å². The van der Waals surface area contributed by atoms with Crippen molar-refractivity contribution >= 4 is 17.2 Å². The van der Waals surface area contributed by atoms with Gasteiger partial charge in [-0.25, -0.2) is 0 Å². The molecule has 1 amide bonds. The van der Waals surface area contributed by atoms with Crippen molar-refractivity contribution in [3.63, 3.8) is 0 Å². The maximum atomic E-state index is 11.1. The van der Waals surface area contributed by atoms with Crippen LogP contribution in [0.5, 0.6) is 0 Å². The molecule has 0 saturated heterocycles. The lowest BCUT2D eigenvalue weighted by Crippen LogP contribution is -2.43. The zero-order valence-electron chi connectivity index (χ0n) is 7.77. The topological polar surface area (TPSA) is 75.3 Å². The summed E-state index contributed by atoms with van der Waals surface area (Å²) in [7, 11) is 0. The molecule has 0 radical (unpaired) electrons.